The molecule has 0 aliphatic heterocycles. The molecule has 0 saturated carbocycles. The first-order valence-electron chi connectivity index (χ1n) is 6.47. The number of benzene rings is 1. The Hall–Kier alpha value is -1.07. The molecule has 0 atom stereocenters. The molecule has 1 amide bonds. The Kier molecular flexibility index (Phi) is 7.52. The van der Waals surface area contributed by atoms with Crippen molar-refractivity contribution in [3.8, 4) is 5.75 Å². The third-order valence-electron chi connectivity index (χ3n) is 2.66. The van der Waals surface area contributed by atoms with Crippen molar-refractivity contribution in [1.82, 2.24) is 10.2 Å². The van der Waals surface area contributed by atoms with Gasteiger partial charge < -0.3 is 10.1 Å². The molecule has 19 heavy (non-hydrogen) atoms. The molecular formula is C14H21BrN2O2. The minimum Gasteiger partial charge on any atom is -0.492 e. The molecule has 0 aromatic heterocycles. The van der Waals surface area contributed by atoms with Crippen LogP contribution in [0, 0.1) is 0 Å². The number of carbonyl (C=O) groups excluding carboxylic acids is 1. The lowest BCUT2D eigenvalue weighted by atomic mass is 10.3. The summed E-state index contributed by atoms with van der Waals surface area (Å²) < 4.78 is 6.68. The second kappa shape index (κ2) is 8.93. The van der Waals surface area contributed by atoms with E-state index in [1.807, 2.05) is 24.3 Å². The lowest BCUT2D eigenvalue weighted by Crippen LogP contribution is -2.38. The van der Waals surface area contributed by atoms with E-state index >= 15 is 0 Å². The number of carbonyl (C=O) groups is 1. The SMILES string of the molecule is CCCN(CCOc1cccc(Br)c1)CC(=O)NC. The van der Waals surface area contributed by atoms with Gasteiger partial charge in [-0.15, -0.1) is 0 Å². The van der Waals surface area contributed by atoms with Crippen LogP contribution in [0.5, 0.6) is 5.75 Å². The van der Waals surface area contributed by atoms with E-state index in [1.165, 1.54) is 0 Å². The van der Waals surface area contributed by atoms with Crippen LogP contribution in [0.4, 0.5) is 0 Å². The Labute approximate surface area is 123 Å². The number of nitrogens with one attached hydrogen (secondary N) is 1. The van der Waals surface area contributed by atoms with E-state index in [1.54, 1.807) is 7.05 Å². The summed E-state index contributed by atoms with van der Waals surface area (Å²) >= 11 is 3.41. The van der Waals surface area contributed by atoms with E-state index in [2.05, 4.69) is 33.1 Å². The number of ether oxygens (including phenoxy) is 1. The van der Waals surface area contributed by atoms with Crippen LogP contribution in [-0.2, 0) is 4.79 Å². The van der Waals surface area contributed by atoms with Crippen LogP contribution in [0.3, 0.4) is 0 Å². The number of rotatable bonds is 8. The number of halogens is 1. The molecule has 0 unspecified atom stereocenters. The van der Waals surface area contributed by atoms with Crippen LogP contribution >= 0.6 is 15.9 Å². The summed E-state index contributed by atoms with van der Waals surface area (Å²) in [6.07, 6.45) is 1.02. The number of nitrogens with zero attached hydrogens (tertiary/aromatic N) is 1. The Morgan fingerprint density at radius 2 is 2.21 bits per heavy atom. The van der Waals surface area contributed by atoms with Gasteiger partial charge in [-0.3, -0.25) is 9.69 Å². The van der Waals surface area contributed by atoms with Gasteiger partial charge in [0.05, 0.1) is 6.54 Å². The molecule has 0 saturated heterocycles. The second-order valence-electron chi connectivity index (χ2n) is 4.26. The van der Waals surface area contributed by atoms with E-state index in [9.17, 15) is 4.79 Å². The summed E-state index contributed by atoms with van der Waals surface area (Å²) in [5.41, 5.74) is 0. The Bertz CT molecular complexity index is 399. The zero-order chi connectivity index (χ0) is 14.1. The van der Waals surface area contributed by atoms with E-state index < -0.39 is 0 Å². The third-order valence-corrected chi connectivity index (χ3v) is 3.15. The van der Waals surface area contributed by atoms with Gasteiger partial charge in [0.1, 0.15) is 12.4 Å². The summed E-state index contributed by atoms with van der Waals surface area (Å²) in [6.45, 7) is 4.74. The predicted molar refractivity (Wildman–Crippen MR) is 80.4 cm³/mol. The van der Waals surface area contributed by atoms with Crippen molar-refractivity contribution < 1.29 is 9.53 Å². The van der Waals surface area contributed by atoms with E-state index in [-0.39, 0.29) is 5.91 Å². The normalized spacial score (nSPS) is 10.5. The van der Waals surface area contributed by atoms with Crippen molar-refractivity contribution in [3.63, 3.8) is 0 Å². The smallest absolute Gasteiger partial charge is 0.233 e. The minimum absolute atomic E-state index is 0.0379. The van der Waals surface area contributed by atoms with E-state index in [0.29, 0.717) is 13.2 Å². The number of hydrogen-bond acceptors (Lipinski definition) is 3. The van der Waals surface area contributed by atoms with Crippen LogP contribution < -0.4 is 10.1 Å². The Morgan fingerprint density at radius 1 is 1.42 bits per heavy atom. The fraction of sp³-hybridized carbons (Fsp3) is 0.500. The topological polar surface area (TPSA) is 41.6 Å². The molecule has 0 bridgehead atoms. The summed E-state index contributed by atoms with van der Waals surface area (Å²) in [7, 11) is 1.66. The fourth-order valence-electron chi connectivity index (χ4n) is 1.72. The zero-order valence-corrected chi connectivity index (χ0v) is 13.1. The van der Waals surface area contributed by atoms with Crippen molar-refractivity contribution in [2.45, 2.75) is 13.3 Å². The third kappa shape index (κ3) is 6.59. The molecule has 1 aromatic carbocycles. The van der Waals surface area contributed by atoms with Gasteiger partial charge in [-0.2, -0.15) is 0 Å². The predicted octanol–water partition coefficient (Wildman–Crippen LogP) is 2.29. The average molecular weight is 329 g/mol. The molecule has 0 spiro atoms. The lowest BCUT2D eigenvalue weighted by molar-refractivity contribution is -0.121. The van der Waals surface area contributed by atoms with Gasteiger partial charge in [-0.25, -0.2) is 0 Å². The standard InChI is InChI=1S/C14H21BrN2O2/c1-3-7-17(11-14(18)16-2)8-9-19-13-6-4-5-12(15)10-13/h4-6,10H,3,7-9,11H2,1-2H3,(H,16,18). The second-order valence-corrected chi connectivity index (χ2v) is 5.17. The molecule has 0 heterocycles. The number of amides is 1. The molecule has 0 aliphatic carbocycles. The molecule has 1 rings (SSSR count). The highest BCUT2D eigenvalue weighted by molar-refractivity contribution is 9.10. The lowest BCUT2D eigenvalue weighted by Gasteiger charge is -2.20. The van der Waals surface area contributed by atoms with Crippen molar-refractivity contribution in [3.05, 3.63) is 28.7 Å². The molecule has 5 heteroatoms. The van der Waals surface area contributed by atoms with Gasteiger partial charge in [0.15, 0.2) is 0 Å². The highest BCUT2D eigenvalue weighted by Crippen LogP contribution is 2.17. The molecule has 106 valence electrons. The summed E-state index contributed by atoms with van der Waals surface area (Å²) in [4.78, 5) is 13.5. The van der Waals surface area contributed by atoms with Crippen LogP contribution in [0.1, 0.15) is 13.3 Å². The van der Waals surface area contributed by atoms with Crippen LogP contribution in [-0.4, -0.2) is 44.1 Å². The maximum absolute atomic E-state index is 11.4. The molecule has 0 fully saturated rings. The van der Waals surface area contributed by atoms with Gasteiger partial charge >= 0.3 is 0 Å². The minimum atomic E-state index is 0.0379. The summed E-state index contributed by atoms with van der Waals surface area (Å²) in [6, 6.07) is 7.76. The summed E-state index contributed by atoms with van der Waals surface area (Å²) in [5, 5.41) is 2.64. The largest absolute Gasteiger partial charge is 0.492 e. The molecular weight excluding hydrogens is 308 g/mol. The van der Waals surface area contributed by atoms with Gasteiger partial charge in [-0.05, 0) is 31.2 Å². The van der Waals surface area contributed by atoms with Crippen molar-refractivity contribution in [2.24, 2.45) is 0 Å². The van der Waals surface area contributed by atoms with Crippen LogP contribution in [0.15, 0.2) is 28.7 Å². The Balaban J connectivity index is 2.37. The van der Waals surface area contributed by atoms with Crippen molar-refractivity contribution in [1.29, 1.82) is 0 Å². The molecule has 0 aliphatic rings. The number of hydrogen-bond donors (Lipinski definition) is 1. The maximum atomic E-state index is 11.4. The Morgan fingerprint density at radius 3 is 2.84 bits per heavy atom. The van der Waals surface area contributed by atoms with E-state index in [0.717, 1.165) is 29.7 Å². The summed E-state index contributed by atoms with van der Waals surface area (Å²) in [5.74, 6) is 0.877. The van der Waals surface area contributed by atoms with Crippen molar-refractivity contribution >= 4 is 21.8 Å². The van der Waals surface area contributed by atoms with Crippen molar-refractivity contribution in [2.75, 3.05) is 33.3 Å². The van der Waals surface area contributed by atoms with Crippen LogP contribution in [0.2, 0.25) is 0 Å². The van der Waals surface area contributed by atoms with Gasteiger partial charge in [0.2, 0.25) is 5.91 Å². The molecule has 0 radical (unpaired) electrons. The van der Waals surface area contributed by atoms with Crippen LogP contribution in [0.25, 0.3) is 0 Å². The van der Waals surface area contributed by atoms with Gasteiger partial charge in [0.25, 0.3) is 0 Å². The molecule has 1 N–H and O–H groups in total. The average Bonchev–Trinajstić information content (AvgIpc) is 2.39. The quantitative estimate of drug-likeness (QED) is 0.796. The highest BCUT2D eigenvalue weighted by atomic mass is 79.9. The zero-order valence-electron chi connectivity index (χ0n) is 11.5. The molecule has 4 nitrogen and oxygen atoms in total. The maximum Gasteiger partial charge on any atom is 0.233 e. The molecule has 1 aromatic rings. The first-order valence-corrected chi connectivity index (χ1v) is 7.26. The first-order chi connectivity index (χ1) is 9.15. The fourth-order valence-corrected chi connectivity index (χ4v) is 2.10. The highest BCUT2D eigenvalue weighted by Gasteiger charge is 2.08. The van der Waals surface area contributed by atoms with Gasteiger partial charge in [-0.1, -0.05) is 28.9 Å². The first kappa shape index (κ1) is 16.0. The number of likely N-dealkylation sites (N-methyl/N-ethyl adjacent to an activating group) is 1. The monoisotopic (exact) mass is 328 g/mol. The van der Waals surface area contributed by atoms with Gasteiger partial charge in [0, 0.05) is 18.1 Å². The van der Waals surface area contributed by atoms with E-state index in [4.69, 9.17) is 4.74 Å².